The lowest BCUT2D eigenvalue weighted by Gasteiger charge is -1.98. The predicted octanol–water partition coefficient (Wildman–Crippen LogP) is 4.11. The van der Waals surface area contributed by atoms with Crippen LogP contribution >= 0.6 is 11.6 Å². The van der Waals surface area contributed by atoms with E-state index in [-0.39, 0.29) is 0 Å². The number of rotatable bonds is 10. The zero-order chi connectivity index (χ0) is 12.1. The number of hydrogen-bond acceptors (Lipinski definition) is 2. The Bertz CT molecular complexity index is 200. The monoisotopic (exact) mass is 244 g/mol. The molecule has 0 amide bonds. The Morgan fingerprint density at radius 2 is 1.88 bits per heavy atom. The molecule has 2 nitrogen and oxygen atoms in total. The second-order valence-electron chi connectivity index (χ2n) is 3.93. The maximum atomic E-state index is 5.95. The molecule has 0 spiro atoms. The molecule has 0 fully saturated rings. The summed E-state index contributed by atoms with van der Waals surface area (Å²) in [6.07, 6.45) is 10.9. The summed E-state index contributed by atoms with van der Waals surface area (Å²) in [4.78, 5) is 4.28. The van der Waals surface area contributed by atoms with Crippen LogP contribution in [0.15, 0.2) is 16.2 Å². The number of nitrogens with one attached hydrogen (secondary N) is 1. The van der Waals surface area contributed by atoms with Gasteiger partial charge >= 0.3 is 0 Å². The molecule has 0 aromatic carbocycles. The van der Waals surface area contributed by atoms with Crippen LogP contribution in [0.25, 0.3) is 0 Å². The average molecular weight is 245 g/mol. The highest BCUT2D eigenvalue weighted by Gasteiger charge is 1.87. The second-order valence-corrected chi connectivity index (χ2v) is 4.37. The molecule has 0 rings (SSSR count). The molecule has 0 aliphatic carbocycles. The molecule has 0 aliphatic heterocycles. The average Bonchev–Trinajstić information content (AvgIpc) is 2.29. The van der Waals surface area contributed by atoms with Gasteiger partial charge in [-0.3, -0.25) is 4.99 Å². The van der Waals surface area contributed by atoms with Crippen molar-refractivity contribution in [2.75, 3.05) is 13.1 Å². The molecule has 16 heavy (non-hydrogen) atoms. The van der Waals surface area contributed by atoms with Crippen LogP contribution in [0, 0.1) is 0 Å². The number of aliphatic imine (C=N–C) groups is 1. The van der Waals surface area contributed by atoms with Crippen LogP contribution in [-0.4, -0.2) is 19.3 Å². The minimum absolute atomic E-state index is 0.687. The van der Waals surface area contributed by atoms with Crippen molar-refractivity contribution >= 4 is 17.8 Å². The van der Waals surface area contributed by atoms with Crippen molar-refractivity contribution in [2.24, 2.45) is 4.99 Å². The lowest BCUT2D eigenvalue weighted by Crippen LogP contribution is -2.07. The standard InChI is InChI=1S/C13H25ClN2/c1-3-5-7-8-10-16-12-13(14)11-15-9-6-4-2/h11-12,15H,3-10H2,1-2H3/b13-11-,16-12?. The fourth-order valence-electron chi connectivity index (χ4n) is 1.27. The van der Waals surface area contributed by atoms with Crippen LogP contribution in [0.1, 0.15) is 52.4 Å². The van der Waals surface area contributed by atoms with Gasteiger partial charge in [-0.15, -0.1) is 0 Å². The van der Waals surface area contributed by atoms with E-state index in [4.69, 9.17) is 11.6 Å². The molecule has 0 saturated carbocycles. The SMILES string of the molecule is CCCCCCN=C/C(Cl)=C/NCCCC. The first kappa shape index (κ1) is 15.5. The molecule has 94 valence electrons. The summed E-state index contributed by atoms with van der Waals surface area (Å²) >= 11 is 5.95. The molecule has 1 N–H and O–H groups in total. The zero-order valence-corrected chi connectivity index (χ0v) is 11.4. The van der Waals surface area contributed by atoms with Gasteiger partial charge in [-0.1, -0.05) is 51.1 Å². The van der Waals surface area contributed by atoms with E-state index in [9.17, 15) is 0 Å². The van der Waals surface area contributed by atoms with Gasteiger partial charge in [0.05, 0.1) is 5.03 Å². The van der Waals surface area contributed by atoms with Crippen LogP contribution in [0.2, 0.25) is 0 Å². The first-order valence-electron chi connectivity index (χ1n) is 6.40. The molecule has 0 aromatic rings. The van der Waals surface area contributed by atoms with E-state index < -0.39 is 0 Å². The van der Waals surface area contributed by atoms with Gasteiger partial charge < -0.3 is 5.32 Å². The predicted molar refractivity (Wildman–Crippen MR) is 74.3 cm³/mol. The third-order valence-corrected chi connectivity index (χ3v) is 2.48. The quantitative estimate of drug-likeness (QED) is 0.454. The third kappa shape index (κ3) is 11.6. The molecule has 0 radical (unpaired) electrons. The van der Waals surface area contributed by atoms with E-state index >= 15 is 0 Å². The largest absolute Gasteiger partial charge is 0.390 e. The summed E-state index contributed by atoms with van der Waals surface area (Å²) in [7, 11) is 0. The molecule has 0 unspecified atom stereocenters. The van der Waals surface area contributed by atoms with Crippen molar-refractivity contribution in [1.82, 2.24) is 5.32 Å². The van der Waals surface area contributed by atoms with E-state index in [0.717, 1.165) is 19.5 Å². The van der Waals surface area contributed by atoms with Crippen molar-refractivity contribution in [3.05, 3.63) is 11.2 Å². The van der Waals surface area contributed by atoms with Crippen molar-refractivity contribution in [3.63, 3.8) is 0 Å². The fraction of sp³-hybridized carbons (Fsp3) is 0.769. The number of hydrogen-bond donors (Lipinski definition) is 1. The summed E-state index contributed by atoms with van der Waals surface area (Å²) < 4.78 is 0. The molecule has 0 atom stereocenters. The molecule has 0 bridgehead atoms. The number of unbranched alkanes of at least 4 members (excludes halogenated alkanes) is 4. The summed E-state index contributed by atoms with van der Waals surface area (Å²) in [6, 6.07) is 0. The number of nitrogens with zero attached hydrogens (tertiary/aromatic N) is 1. The third-order valence-electron chi connectivity index (χ3n) is 2.27. The van der Waals surface area contributed by atoms with Gasteiger partial charge in [0.25, 0.3) is 0 Å². The maximum Gasteiger partial charge on any atom is 0.0740 e. The van der Waals surface area contributed by atoms with Gasteiger partial charge in [-0.2, -0.15) is 0 Å². The normalized spacial score (nSPS) is 12.3. The van der Waals surface area contributed by atoms with Crippen LogP contribution in [-0.2, 0) is 0 Å². The Hall–Kier alpha value is -0.500. The van der Waals surface area contributed by atoms with Crippen molar-refractivity contribution < 1.29 is 0 Å². The van der Waals surface area contributed by atoms with Gasteiger partial charge in [-0.05, 0) is 12.8 Å². The van der Waals surface area contributed by atoms with Crippen LogP contribution in [0.3, 0.4) is 0 Å². The molecular weight excluding hydrogens is 220 g/mol. The van der Waals surface area contributed by atoms with Gasteiger partial charge in [0, 0.05) is 25.5 Å². The molecule has 0 saturated heterocycles. The van der Waals surface area contributed by atoms with Crippen molar-refractivity contribution in [1.29, 1.82) is 0 Å². The van der Waals surface area contributed by atoms with Crippen molar-refractivity contribution in [3.8, 4) is 0 Å². The summed E-state index contributed by atoms with van der Waals surface area (Å²) in [6.45, 7) is 6.26. The Labute approximate surface area is 105 Å². The summed E-state index contributed by atoms with van der Waals surface area (Å²) in [5.41, 5.74) is 0. The minimum Gasteiger partial charge on any atom is -0.390 e. The number of allylic oxidation sites excluding steroid dienone is 1. The molecular formula is C13H25ClN2. The Balaban J connectivity index is 3.45. The first-order chi connectivity index (χ1) is 7.81. The zero-order valence-electron chi connectivity index (χ0n) is 10.6. The van der Waals surface area contributed by atoms with Crippen LogP contribution in [0.5, 0.6) is 0 Å². The Morgan fingerprint density at radius 3 is 2.56 bits per heavy atom. The highest BCUT2D eigenvalue weighted by molar-refractivity contribution is 6.39. The van der Waals surface area contributed by atoms with Gasteiger partial charge in [-0.25, -0.2) is 0 Å². The maximum absolute atomic E-state index is 5.95. The minimum atomic E-state index is 0.687. The van der Waals surface area contributed by atoms with Gasteiger partial charge in [0.15, 0.2) is 0 Å². The van der Waals surface area contributed by atoms with Crippen LogP contribution < -0.4 is 5.32 Å². The van der Waals surface area contributed by atoms with Crippen molar-refractivity contribution in [2.45, 2.75) is 52.4 Å². The highest BCUT2D eigenvalue weighted by Crippen LogP contribution is 2.00. The van der Waals surface area contributed by atoms with Crippen LogP contribution in [0.4, 0.5) is 0 Å². The van der Waals surface area contributed by atoms with E-state index in [1.807, 2.05) is 6.20 Å². The van der Waals surface area contributed by atoms with Gasteiger partial charge in [0.2, 0.25) is 0 Å². The molecule has 0 heterocycles. The number of halogens is 1. The van der Waals surface area contributed by atoms with E-state index in [2.05, 4.69) is 24.2 Å². The Morgan fingerprint density at radius 1 is 1.12 bits per heavy atom. The lowest BCUT2D eigenvalue weighted by molar-refractivity contribution is 0.676. The summed E-state index contributed by atoms with van der Waals surface area (Å²) in [5, 5.41) is 3.85. The lowest BCUT2D eigenvalue weighted by atomic mass is 10.2. The molecule has 0 aromatic heterocycles. The van der Waals surface area contributed by atoms with E-state index in [1.54, 1.807) is 6.21 Å². The second kappa shape index (κ2) is 12.6. The molecule has 0 aliphatic rings. The first-order valence-corrected chi connectivity index (χ1v) is 6.78. The van der Waals surface area contributed by atoms with E-state index in [0.29, 0.717) is 5.03 Å². The fourth-order valence-corrected chi connectivity index (χ4v) is 1.41. The summed E-state index contributed by atoms with van der Waals surface area (Å²) in [5.74, 6) is 0. The molecule has 3 heteroatoms. The topological polar surface area (TPSA) is 24.4 Å². The smallest absolute Gasteiger partial charge is 0.0740 e. The highest BCUT2D eigenvalue weighted by atomic mass is 35.5. The van der Waals surface area contributed by atoms with E-state index in [1.165, 1.54) is 32.1 Å². The van der Waals surface area contributed by atoms with Gasteiger partial charge in [0.1, 0.15) is 0 Å². The Kier molecular flexibility index (Phi) is 12.2.